The first-order valence-corrected chi connectivity index (χ1v) is 9.03. The molecule has 0 radical (unpaired) electrons. The molecule has 0 unspecified atom stereocenters. The van der Waals surface area contributed by atoms with E-state index in [9.17, 15) is 4.79 Å². The van der Waals surface area contributed by atoms with Gasteiger partial charge >= 0.3 is 0 Å². The molecule has 5 rings (SSSR count). The van der Waals surface area contributed by atoms with Crippen LogP contribution in [-0.2, 0) is 22.0 Å². The molecule has 1 heterocycles. The summed E-state index contributed by atoms with van der Waals surface area (Å²) in [5, 5.41) is 17.7. The molecule has 3 aliphatic rings. The number of nitrogens with zero attached hydrogens (tertiary/aromatic N) is 3. The number of nitrogens with one attached hydrogen (secondary N) is 2. The first-order chi connectivity index (χ1) is 12.2. The molecule has 6 heteroatoms. The fourth-order valence-corrected chi connectivity index (χ4v) is 4.80. The molecule has 1 saturated carbocycles. The Kier molecular flexibility index (Phi) is 3.11. The highest BCUT2D eigenvalue weighted by Gasteiger charge is 2.58. The van der Waals surface area contributed by atoms with Gasteiger partial charge in [0, 0.05) is 11.5 Å². The van der Waals surface area contributed by atoms with E-state index in [4.69, 9.17) is 0 Å². The van der Waals surface area contributed by atoms with Gasteiger partial charge in [0.05, 0.1) is 0 Å². The SMILES string of the molecule is O=C(N[C@@H]1C[C@]12CCCc1ccccc12)C1(c2nn[nH]n2)CC=CC1. The first kappa shape index (κ1) is 14.8. The number of H-pyrrole nitrogens is 1. The van der Waals surface area contributed by atoms with E-state index in [-0.39, 0.29) is 17.4 Å². The maximum absolute atomic E-state index is 13.2. The molecule has 0 saturated heterocycles. The van der Waals surface area contributed by atoms with Gasteiger partial charge in [-0.15, -0.1) is 10.2 Å². The number of hydrogen-bond acceptors (Lipinski definition) is 4. The van der Waals surface area contributed by atoms with Gasteiger partial charge in [0.2, 0.25) is 5.91 Å². The van der Waals surface area contributed by atoms with Gasteiger partial charge in [-0.3, -0.25) is 4.79 Å². The Morgan fingerprint density at radius 1 is 1.24 bits per heavy atom. The van der Waals surface area contributed by atoms with Crippen LogP contribution in [0.2, 0.25) is 0 Å². The van der Waals surface area contributed by atoms with Gasteiger partial charge in [-0.2, -0.15) is 5.21 Å². The van der Waals surface area contributed by atoms with E-state index in [1.807, 2.05) is 12.2 Å². The lowest BCUT2D eigenvalue weighted by atomic mass is 9.79. The molecule has 2 aromatic rings. The first-order valence-electron chi connectivity index (χ1n) is 9.03. The lowest BCUT2D eigenvalue weighted by Crippen LogP contribution is -2.46. The molecule has 128 valence electrons. The zero-order valence-electron chi connectivity index (χ0n) is 14.0. The maximum atomic E-state index is 13.2. The van der Waals surface area contributed by atoms with Crippen LogP contribution in [-0.4, -0.2) is 32.6 Å². The minimum Gasteiger partial charge on any atom is -0.352 e. The van der Waals surface area contributed by atoms with Crippen LogP contribution in [0.25, 0.3) is 0 Å². The van der Waals surface area contributed by atoms with E-state index in [0.29, 0.717) is 18.7 Å². The molecule has 2 N–H and O–H groups in total. The van der Waals surface area contributed by atoms with Crippen molar-refractivity contribution in [3.63, 3.8) is 0 Å². The summed E-state index contributed by atoms with van der Waals surface area (Å²) in [5.41, 5.74) is 2.31. The number of fused-ring (bicyclic) bond motifs is 2. The van der Waals surface area contributed by atoms with Crippen LogP contribution in [0.15, 0.2) is 36.4 Å². The van der Waals surface area contributed by atoms with Gasteiger partial charge in [0.1, 0.15) is 5.41 Å². The predicted octanol–water partition coefficient (Wildman–Crippen LogP) is 1.95. The lowest BCUT2D eigenvalue weighted by molar-refractivity contribution is -0.127. The van der Waals surface area contributed by atoms with Crippen LogP contribution in [0, 0.1) is 0 Å². The molecule has 25 heavy (non-hydrogen) atoms. The number of aromatic nitrogens is 4. The number of carbonyl (C=O) groups is 1. The van der Waals surface area contributed by atoms with E-state index < -0.39 is 5.41 Å². The van der Waals surface area contributed by atoms with Crippen molar-refractivity contribution in [1.29, 1.82) is 0 Å². The predicted molar refractivity (Wildman–Crippen MR) is 91.8 cm³/mol. The lowest BCUT2D eigenvalue weighted by Gasteiger charge is -2.28. The van der Waals surface area contributed by atoms with E-state index in [0.717, 1.165) is 19.3 Å². The molecule has 1 aromatic heterocycles. The molecule has 1 spiro atoms. The Labute approximate surface area is 146 Å². The van der Waals surface area contributed by atoms with E-state index in [1.54, 1.807) is 0 Å². The molecule has 0 bridgehead atoms. The van der Waals surface area contributed by atoms with Gasteiger partial charge in [0.15, 0.2) is 5.82 Å². The number of amides is 1. The number of hydrogen-bond donors (Lipinski definition) is 2. The monoisotopic (exact) mass is 335 g/mol. The highest BCUT2D eigenvalue weighted by Crippen LogP contribution is 2.55. The number of allylic oxidation sites excluding steroid dienone is 2. The van der Waals surface area contributed by atoms with Gasteiger partial charge < -0.3 is 5.32 Å². The van der Waals surface area contributed by atoms with Crippen LogP contribution in [0.1, 0.15) is 49.1 Å². The van der Waals surface area contributed by atoms with Crippen molar-refractivity contribution in [3.8, 4) is 0 Å². The Hall–Kier alpha value is -2.50. The topological polar surface area (TPSA) is 83.6 Å². The van der Waals surface area contributed by atoms with Crippen molar-refractivity contribution < 1.29 is 4.79 Å². The number of rotatable bonds is 3. The van der Waals surface area contributed by atoms with Crippen molar-refractivity contribution in [3.05, 3.63) is 53.4 Å². The highest BCUT2D eigenvalue weighted by atomic mass is 16.2. The number of benzene rings is 1. The second kappa shape index (κ2) is 5.25. The quantitative estimate of drug-likeness (QED) is 0.840. The van der Waals surface area contributed by atoms with Crippen LogP contribution in [0.3, 0.4) is 0 Å². The average molecular weight is 335 g/mol. The molecular formula is C19H21N5O. The van der Waals surface area contributed by atoms with Crippen LogP contribution in [0.5, 0.6) is 0 Å². The summed E-state index contributed by atoms with van der Waals surface area (Å²) in [6.07, 6.45) is 9.87. The smallest absolute Gasteiger partial charge is 0.234 e. The second-order valence-electron chi connectivity index (χ2n) is 7.59. The van der Waals surface area contributed by atoms with Crippen LogP contribution < -0.4 is 5.32 Å². The van der Waals surface area contributed by atoms with E-state index >= 15 is 0 Å². The summed E-state index contributed by atoms with van der Waals surface area (Å²) in [6, 6.07) is 8.92. The molecule has 3 aliphatic carbocycles. The van der Waals surface area contributed by atoms with Crippen molar-refractivity contribution in [2.75, 3.05) is 0 Å². The maximum Gasteiger partial charge on any atom is 0.234 e. The van der Waals surface area contributed by atoms with Crippen molar-refractivity contribution >= 4 is 5.91 Å². The van der Waals surface area contributed by atoms with Crippen molar-refractivity contribution in [2.24, 2.45) is 0 Å². The third-order valence-electron chi connectivity index (χ3n) is 6.31. The number of aromatic amines is 1. The zero-order chi connectivity index (χ0) is 16.9. The average Bonchev–Trinajstić information content (AvgIpc) is 3.10. The molecule has 0 aliphatic heterocycles. The van der Waals surface area contributed by atoms with Crippen molar-refractivity contribution in [2.45, 2.75) is 55.4 Å². The van der Waals surface area contributed by atoms with Crippen LogP contribution >= 0.6 is 0 Å². The largest absolute Gasteiger partial charge is 0.352 e. The third kappa shape index (κ3) is 2.09. The summed E-state index contributed by atoms with van der Waals surface area (Å²) >= 11 is 0. The summed E-state index contributed by atoms with van der Waals surface area (Å²) in [5.74, 6) is 0.526. The second-order valence-corrected chi connectivity index (χ2v) is 7.59. The van der Waals surface area contributed by atoms with Crippen molar-refractivity contribution in [1.82, 2.24) is 25.9 Å². The number of tetrazole rings is 1. The summed E-state index contributed by atoms with van der Waals surface area (Å²) in [7, 11) is 0. The van der Waals surface area contributed by atoms with Gasteiger partial charge in [-0.25, -0.2) is 0 Å². The summed E-state index contributed by atoms with van der Waals surface area (Å²) < 4.78 is 0. The Morgan fingerprint density at radius 2 is 2.08 bits per heavy atom. The van der Waals surface area contributed by atoms with Gasteiger partial charge in [0.25, 0.3) is 0 Å². The summed E-state index contributed by atoms with van der Waals surface area (Å²) in [4.78, 5) is 13.2. The standard InChI is InChI=1S/C19H21N5O/c25-17(18(9-3-4-10-18)16-21-23-24-22-16)20-15-12-19(15)11-5-7-13-6-1-2-8-14(13)19/h1-4,6,8,15H,5,7,9-12H2,(H,20,25)(H,21,22,23,24)/t15-,19+/m1/s1. The molecule has 1 fully saturated rings. The van der Waals surface area contributed by atoms with E-state index in [1.165, 1.54) is 17.5 Å². The zero-order valence-corrected chi connectivity index (χ0v) is 14.0. The Balaban J connectivity index is 1.40. The normalized spacial score (nSPS) is 28.7. The minimum atomic E-state index is -0.703. The fourth-order valence-electron chi connectivity index (χ4n) is 4.80. The fraction of sp³-hybridized carbons (Fsp3) is 0.474. The number of carbonyl (C=O) groups excluding carboxylic acids is 1. The Bertz CT molecular complexity index is 835. The van der Waals surface area contributed by atoms with Crippen LogP contribution in [0.4, 0.5) is 0 Å². The molecule has 1 amide bonds. The van der Waals surface area contributed by atoms with Gasteiger partial charge in [-0.1, -0.05) is 41.6 Å². The van der Waals surface area contributed by atoms with Gasteiger partial charge in [-0.05, 0) is 49.7 Å². The molecule has 1 aromatic carbocycles. The molecule has 2 atom stereocenters. The molecule has 6 nitrogen and oxygen atoms in total. The number of aryl methyl sites for hydroxylation is 1. The third-order valence-corrected chi connectivity index (χ3v) is 6.31. The molecular weight excluding hydrogens is 314 g/mol. The Morgan fingerprint density at radius 3 is 2.88 bits per heavy atom. The highest BCUT2D eigenvalue weighted by molar-refractivity contribution is 5.89. The summed E-state index contributed by atoms with van der Waals surface area (Å²) in [6.45, 7) is 0. The minimum absolute atomic E-state index is 0.0313. The van der Waals surface area contributed by atoms with E-state index in [2.05, 4.69) is 50.2 Å².